The topological polar surface area (TPSA) is 44.1 Å². The number of benzene rings is 1. The van der Waals surface area contributed by atoms with E-state index in [1.54, 1.807) is 30.7 Å². The van der Waals surface area contributed by atoms with Crippen LogP contribution in [0, 0.1) is 0 Å². The Hall–Kier alpha value is -1.81. The van der Waals surface area contributed by atoms with Crippen molar-refractivity contribution in [2.24, 2.45) is 0 Å². The van der Waals surface area contributed by atoms with Gasteiger partial charge in [-0.15, -0.1) is 0 Å². The number of carbonyl (C=O) groups excluding carboxylic acids is 1. The maximum absolute atomic E-state index is 11.0. The minimum absolute atomic E-state index is 0.362. The average Bonchev–Trinajstić information content (AvgIpc) is 2.84. The second-order valence-corrected chi connectivity index (χ2v) is 4.54. The first-order chi connectivity index (χ1) is 9.26. The zero-order chi connectivity index (χ0) is 13.7. The molecule has 0 radical (unpaired) electrons. The molecule has 0 atom stereocenters. The quantitative estimate of drug-likeness (QED) is 0.761. The Balaban J connectivity index is 2.12. The summed E-state index contributed by atoms with van der Waals surface area (Å²) in [6.07, 6.45) is 5.28. The second kappa shape index (κ2) is 6.38. The monoisotopic (exact) mass is 278 g/mol. The number of carbonyl (C=O) groups is 1. The molecule has 4 nitrogen and oxygen atoms in total. The molecule has 0 amide bonds. The fourth-order valence-electron chi connectivity index (χ4n) is 1.82. The summed E-state index contributed by atoms with van der Waals surface area (Å²) in [5, 5.41) is 0.398. The third-order valence-electron chi connectivity index (χ3n) is 2.77. The van der Waals surface area contributed by atoms with Crippen LogP contribution in [0.3, 0.4) is 0 Å². The molecule has 19 heavy (non-hydrogen) atoms. The van der Waals surface area contributed by atoms with Crippen molar-refractivity contribution in [3.05, 3.63) is 47.0 Å². The van der Waals surface area contributed by atoms with Crippen molar-refractivity contribution in [3.63, 3.8) is 0 Å². The molecule has 0 aliphatic rings. The standard InChI is InChI=1S/C14H15ClN2O2/c1-2-6-17-10-16-7-11(17)9-19-14-5-3-4-13(15)12(14)8-18/h3-5,7-8,10H,2,6,9H2,1H3. The zero-order valence-corrected chi connectivity index (χ0v) is 11.4. The van der Waals surface area contributed by atoms with Gasteiger partial charge in [-0.05, 0) is 18.6 Å². The van der Waals surface area contributed by atoms with Gasteiger partial charge < -0.3 is 9.30 Å². The van der Waals surface area contributed by atoms with Crippen LogP contribution in [-0.4, -0.2) is 15.8 Å². The lowest BCUT2D eigenvalue weighted by Gasteiger charge is -2.11. The summed E-state index contributed by atoms with van der Waals surface area (Å²) in [5.74, 6) is 0.492. The number of hydrogen-bond acceptors (Lipinski definition) is 3. The van der Waals surface area contributed by atoms with Crippen molar-refractivity contribution < 1.29 is 9.53 Å². The molecule has 2 aromatic rings. The van der Waals surface area contributed by atoms with E-state index in [0.717, 1.165) is 18.7 Å². The van der Waals surface area contributed by atoms with Crippen LogP contribution in [0.2, 0.25) is 5.02 Å². The Morgan fingerprint density at radius 1 is 1.47 bits per heavy atom. The number of hydrogen-bond donors (Lipinski definition) is 0. The highest BCUT2D eigenvalue weighted by Crippen LogP contribution is 2.25. The molecule has 1 aromatic heterocycles. The number of aromatic nitrogens is 2. The van der Waals surface area contributed by atoms with E-state index in [9.17, 15) is 4.79 Å². The highest BCUT2D eigenvalue weighted by atomic mass is 35.5. The molecule has 0 saturated carbocycles. The van der Waals surface area contributed by atoms with Crippen LogP contribution >= 0.6 is 11.6 Å². The third kappa shape index (κ3) is 3.15. The zero-order valence-electron chi connectivity index (χ0n) is 10.7. The lowest BCUT2D eigenvalue weighted by atomic mass is 10.2. The fraction of sp³-hybridized carbons (Fsp3) is 0.286. The Labute approximate surface area is 117 Å². The average molecular weight is 279 g/mol. The van der Waals surface area contributed by atoms with E-state index in [0.29, 0.717) is 29.2 Å². The normalized spacial score (nSPS) is 10.4. The molecule has 0 aliphatic carbocycles. The van der Waals surface area contributed by atoms with Crippen molar-refractivity contribution in [1.82, 2.24) is 9.55 Å². The summed E-state index contributed by atoms with van der Waals surface area (Å²) in [4.78, 5) is 15.1. The summed E-state index contributed by atoms with van der Waals surface area (Å²) in [6.45, 7) is 3.36. The highest BCUT2D eigenvalue weighted by Gasteiger charge is 2.08. The summed E-state index contributed by atoms with van der Waals surface area (Å²) in [5.41, 5.74) is 1.35. The van der Waals surface area contributed by atoms with Gasteiger partial charge in [-0.2, -0.15) is 0 Å². The van der Waals surface area contributed by atoms with Crippen molar-refractivity contribution in [2.45, 2.75) is 26.5 Å². The van der Waals surface area contributed by atoms with Gasteiger partial charge in [0, 0.05) is 6.54 Å². The van der Waals surface area contributed by atoms with Crippen LogP contribution in [0.5, 0.6) is 5.75 Å². The van der Waals surface area contributed by atoms with Crippen molar-refractivity contribution in [1.29, 1.82) is 0 Å². The number of halogens is 1. The smallest absolute Gasteiger partial charge is 0.155 e. The Morgan fingerprint density at radius 3 is 3.05 bits per heavy atom. The van der Waals surface area contributed by atoms with Gasteiger partial charge in [0.25, 0.3) is 0 Å². The molecular weight excluding hydrogens is 264 g/mol. The van der Waals surface area contributed by atoms with Crippen LogP contribution < -0.4 is 4.74 Å². The molecule has 0 aliphatic heterocycles. The molecule has 0 N–H and O–H groups in total. The van der Waals surface area contributed by atoms with Gasteiger partial charge in [0.05, 0.1) is 28.8 Å². The SMILES string of the molecule is CCCn1cncc1COc1cccc(Cl)c1C=O. The minimum Gasteiger partial charge on any atom is -0.487 e. The van der Waals surface area contributed by atoms with Crippen LogP contribution in [0.1, 0.15) is 29.4 Å². The molecule has 5 heteroatoms. The summed E-state index contributed by atoms with van der Waals surface area (Å²) >= 11 is 5.94. The van der Waals surface area contributed by atoms with E-state index in [1.165, 1.54) is 0 Å². The molecular formula is C14H15ClN2O2. The lowest BCUT2D eigenvalue weighted by Crippen LogP contribution is -2.06. The number of imidazole rings is 1. The number of ether oxygens (including phenoxy) is 1. The van der Waals surface area contributed by atoms with Crippen LogP contribution in [-0.2, 0) is 13.2 Å². The van der Waals surface area contributed by atoms with Crippen LogP contribution in [0.4, 0.5) is 0 Å². The fourth-order valence-corrected chi connectivity index (χ4v) is 2.03. The molecule has 0 unspecified atom stereocenters. The molecule has 1 heterocycles. The second-order valence-electron chi connectivity index (χ2n) is 4.14. The van der Waals surface area contributed by atoms with Gasteiger partial charge in [0.1, 0.15) is 12.4 Å². The first kappa shape index (κ1) is 13.6. The van der Waals surface area contributed by atoms with Gasteiger partial charge >= 0.3 is 0 Å². The predicted molar refractivity (Wildman–Crippen MR) is 73.7 cm³/mol. The maximum atomic E-state index is 11.0. The number of aldehydes is 1. The summed E-state index contributed by atoms with van der Waals surface area (Å²) in [6, 6.07) is 5.16. The van der Waals surface area contributed by atoms with Crippen molar-refractivity contribution in [2.75, 3.05) is 0 Å². The van der Waals surface area contributed by atoms with Crippen LogP contribution in [0.15, 0.2) is 30.7 Å². The minimum atomic E-state index is 0.362. The Kier molecular flexibility index (Phi) is 4.58. The van der Waals surface area contributed by atoms with Crippen molar-refractivity contribution in [3.8, 4) is 5.75 Å². The highest BCUT2D eigenvalue weighted by molar-refractivity contribution is 6.33. The van der Waals surface area contributed by atoms with E-state index in [4.69, 9.17) is 16.3 Å². The van der Waals surface area contributed by atoms with E-state index < -0.39 is 0 Å². The van der Waals surface area contributed by atoms with E-state index in [1.807, 2.05) is 4.57 Å². The number of rotatable bonds is 6. The summed E-state index contributed by atoms with van der Waals surface area (Å²) in [7, 11) is 0. The molecule has 2 rings (SSSR count). The van der Waals surface area contributed by atoms with Gasteiger partial charge in [-0.25, -0.2) is 4.98 Å². The number of aryl methyl sites for hydroxylation is 1. The molecule has 0 fully saturated rings. The van der Waals surface area contributed by atoms with Gasteiger partial charge in [-0.3, -0.25) is 4.79 Å². The van der Waals surface area contributed by atoms with Gasteiger partial charge in [0.15, 0.2) is 6.29 Å². The van der Waals surface area contributed by atoms with E-state index in [2.05, 4.69) is 11.9 Å². The van der Waals surface area contributed by atoms with Crippen molar-refractivity contribution >= 4 is 17.9 Å². The van der Waals surface area contributed by atoms with E-state index in [-0.39, 0.29) is 0 Å². The Morgan fingerprint density at radius 2 is 2.32 bits per heavy atom. The first-order valence-corrected chi connectivity index (χ1v) is 6.49. The van der Waals surface area contributed by atoms with Gasteiger partial charge in [-0.1, -0.05) is 24.6 Å². The van der Waals surface area contributed by atoms with Crippen LogP contribution in [0.25, 0.3) is 0 Å². The maximum Gasteiger partial charge on any atom is 0.155 e. The molecule has 1 aromatic carbocycles. The first-order valence-electron chi connectivity index (χ1n) is 6.11. The van der Waals surface area contributed by atoms with Gasteiger partial charge in [0.2, 0.25) is 0 Å². The molecule has 0 bridgehead atoms. The largest absolute Gasteiger partial charge is 0.487 e. The third-order valence-corrected chi connectivity index (χ3v) is 3.10. The molecule has 0 spiro atoms. The number of nitrogens with zero attached hydrogens (tertiary/aromatic N) is 2. The molecule has 100 valence electrons. The Bertz CT molecular complexity index is 566. The predicted octanol–water partition coefficient (Wildman–Crippen LogP) is 3.34. The lowest BCUT2D eigenvalue weighted by molar-refractivity contribution is 0.111. The summed E-state index contributed by atoms with van der Waals surface area (Å²) < 4.78 is 7.70. The van der Waals surface area contributed by atoms with E-state index >= 15 is 0 Å². The molecule has 0 saturated heterocycles.